The second-order valence-corrected chi connectivity index (χ2v) is 8.37. The van der Waals surface area contributed by atoms with Crippen LogP contribution in [-0.2, 0) is 7.05 Å². The minimum absolute atomic E-state index is 0.177. The first kappa shape index (κ1) is 21.6. The quantitative estimate of drug-likeness (QED) is 0.470. The van der Waals surface area contributed by atoms with Gasteiger partial charge in [-0.05, 0) is 17.7 Å². The molecule has 0 unspecified atom stereocenters. The fourth-order valence-electron chi connectivity index (χ4n) is 4.48. The lowest BCUT2D eigenvalue weighted by Gasteiger charge is -2.36. The fourth-order valence-corrected chi connectivity index (χ4v) is 4.48. The third-order valence-corrected chi connectivity index (χ3v) is 6.26. The van der Waals surface area contributed by atoms with Crippen LogP contribution in [0.15, 0.2) is 95.8 Å². The molecule has 5 rings (SSSR count). The van der Waals surface area contributed by atoms with Crippen molar-refractivity contribution < 1.29 is 4.79 Å². The van der Waals surface area contributed by atoms with Crippen LogP contribution in [0.5, 0.6) is 0 Å². The van der Waals surface area contributed by atoms with Gasteiger partial charge in [0.05, 0.1) is 5.69 Å². The molecule has 1 aromatic heterocycles. The lowest BCUT2D eigenvalue weighted by atomic mass is 9.94. The van der Waals surface area contributed by atoms with Crippen LogP contribution in [0, 0.1) is 0 Å². The van der Waals surface area contributed by atoms with Crippen molar-refractivity contribution in [3.05, 3.63) is 107 Å². The van der Waals surface area contributed by atoms with E-state index in [1.165, 1.54) is 4.68 Å². The van der Waals surface area contributed by atoms with Crippen LogP contribution in [-0.4, -0.2) is 46.8 Å². The molecule has 6 heteroatoms. The Labute approximate surface area is 198 Å². The molecule has 0 aliphatic carbocycles. The minimum Gasteiger partial charge on any atom is -0.368 e. The molecule has 0 spiro atoms. The van der Waals surface area contributed by atoms with Crippen molar-refractivity contribution in [2.45, 2.75) is 0 Å². The normalized spacial score (nSPS) is 13.7. The van der Waals surface area contributed by atoms with E-state index in [1.54, 1.807) is 11.9 Å². The largest absolute Gasteiger partial charge is 0.368 e. The maximum absolute atomic E-state index is 13.9. The third kappa shape index (κ3) is 4.10. The van der Waals surface area contributed by atoms with Crippen molar-refractivity contribution in [1.29, 1.82) is 0 Å². The first-order valence-electron chi connectivity index (χ1n) is 11.4. The van der Waals surface area contributed by atoms with Crippen LogP contribution in [0.1, 0.15) is 10.4 Å². The molecule has 2 heterocycles. The summed E-state index contributed by atoms with van der Waals surface area (Å²) in [6.45, 7) is 2.53. The summed E-state index contributed by atoms with van der Waals surface area (Å²) < 4.78 is 1.28. The summed E-state index contributed by atoms with van der Waals surface area (Å²) in [5.41, 5.74) is 3.82. The highest BCUT2D eigenvalue weighted by Crippen LogP contribution is 2.32. The number of amides is 1. The maximum atomic E-state index is 13.9. The van der Waals surface area contributed by atoms with E-state index >= 15 is 0 Å². The molecule has 0 radical (unpaired) electrons. The van der Waals surface area contributed by atoms with Gasteiger partial charge in [0.15, 0.2) is 0 Å². The summed E-state index contributed by atoms with van der Waals surface area (Å²) in [6.07, 6.45) is 0. The molecule has 1 aliphatic rings. The van der Waals surface area contributed by atoms with Gasteiger partial charge in [-0.25, -0.2) is 4.68 Å². The number of hydrogen-bond donors (Lipinski definition) is 0. The monoisotopic (exact) mass is 450 g/mol. The SMILES string of the molecule is Cn1nc(-c2ccccc2)c(-c2ccccc2)c(C(=O)N2CCN(c3ccccc3)CC2)c1=O. The number of para-hydroxylation sites is 1. The van der Waals surface area contributed by atoms with E-state index in [0.29, 0.717) is 37.4 Å². The van der Waals surface area contributed by atoms with Crippen LogP contribution in [0.2, 0.25) is 0 Å². The van der Waals surface area contributed by atoms with E-state index in [0.717, 1.165) is 16.8 Å². The number of benzene rings is 3. The van der Waals surface area contributed by atoms with Crippen LogP contribution in [0.4, 0.5) is 5.69 Å². The molecule has 34 heavy (non-hydrogen) atoms. The van der Waals surface area contributed by atoms with Gasteiger partial charge in [-0.2, -0.15) is 5.10 Å². The standard InChI is InChI=1S/C28H26N4O2/c1-30-27(33)25(28(34)32-19-17-31(18-20-32)23-15-9-4-10-16-23)24(21-11-5-2-6-12-21)26(29-30)22-13-7-3-8-14-22/h2-16H,17-20H2,1H3. The average molecular weight is 451 g/mol. The van der Waals surface area contributed by atoms with Crippen LogP contribution in [0.3, 0.4) is 0 Å². The Kier molecular flexibility index (Phi) is 5.95. The lowest BCUT2D eigenvalue weighted by molar-refractivity contribution is 0.0745. The van der Waals surface area contributed by atoms with Crippen molar-refractivity contribution in [2.75, 3.05) is 31.1 Å². The molecule has 1 saturated heterocycles. The molecule has 0 N–H and O–H groups in total. The van der Waals surface area contributed by atoms with Gasteiger partial charge in [0.2, 0.25) is 0 Å². The van der Waals surface area contributed by atoms with Crippen molar-refractivity contribution >= 4 is 11.6 Å². The Morgan fingerprint density at radius 1 is 0.735 bits per heavy atom. The molecule has 0 atom stereocenters. The summed E-state index contributed by atoms with van der Waals surface area (Å²) in [6, 6.07) is 29.5. The van der Waals surface area contributed by atoms with E-state index in [9.17, 15) is 9.59 Å². The Hall–Kier alpha value is -4.19. The fraction of sp³-hybridized carbons (Fsp3) is 0.179. The highest BCUT2D eigenvalue weighted by molar-refractivity contribution is 6.03. The number of carbonyl (C=O) groups is 1. The first-order chi connectivity index (χ1) is 16.6. The molecule has 1 aliphatic heterocycles. The van der Waals surface area contributed by atoms with Gasteiger partial charge in [-0.1, -0.05) is 78.9 Å². The van der Waals surface area contributed by atoms with E-state index in [1.807, 2.05) is 78.9 Å². The molecule has 6 nitrogen and oxygen atoms in total. The number of aryl methyl sites for hydroxylation is 1. The van der Waals surface area contributed by atoms with Gasteiger partial charge in [0.25, 0.3) is 11.5 Å². The Bertz CT molecular complexity index is 1340. The van der Waals surface area contributed by atoms with Crippen molar-refractivity contribution in [2.24, 2.45) is 7.05 Å². The molecule has 0 saturated carbocycles. The Morgan fingerprint density at radius 2 is 1.26 bits per heavy atom. The van der Waals surface area contributed by atoms with Gasteiger partial charge in [0, 0.05) is 50.0 Å². The number of hydrogen-bond acceptors (Lipinski definition) is 4. The van der Waals surface area contributed by atoms with Gasteiger partial charge in [0.1, 0.15) is 5.56 Å². The summed E-state index contributed by atoms with van der Waals surface area (Å²) in [4.78, 5) is 31.3. The molecule has 3 aromatic carbocycles. The summed E-state index contributed by atoms with van der Waals surface area (Å²) in [5, 5.41) is 4.58. The second-order valence-electron chi connectivity index (χ2n) is 8.37. The number of anilines is 1. The molecule has 1 fully saturated rings. The molecule has 4 aromatic rings. The number of rotatable bonds is 4. The lowest BCUT2D eigenvalue weighted by Crippen LogP contribution is -2.50. The van der Waals surface area contributed by atoms with Crippen molar-refractivity contribution in [3.8, 4) is 22.4 Å². The van der Waals surface area contributed by atoms with Gasteiger partial charge in [-0.3, -0.25) is 9.59 Å². The first-order valence-corrected chi connectivity index (χ1v) is 11.4. The number of nitrogens with zero attached hydrogens (tertiary/aromatic N) is 4. The van der Waals surface area contributed by atoms with Crippen molar-refractivity contribution in [1.82, 2.24) is 14.7 Å². The van der Waals surface area contributed by atoms with E-state index < -0.39 is 0 Å². The predicted octanol–water partition coefficient (Wildman–Crippen LogP) is 4.08. The number of aromatic nitrogens is 2. The summed E-state index contributed by atoms with van der Waals surface area (Å²) in [7, 11) is 1.60. The van der Waals surface area contributed by atoms with E-state index in [2.05, 4.69) is 22.1 Å². The van der Waals surface area contributed by atoms with Crippen LogP contribution < -0.4 is 10.5 Å². The zero-order chi connectivity index (χ0) is 23.5. The molecule has 0 bridgehead atoms. The zero-order valence-electron chi connectivity index (χ0n) is 19.1. The average Bonchev–Trinajstić information content (AvgIpc) is 2.91. The van der Waals surface area contributed by atoms with E-state index in [4.69, 9.17) is 0 Å². The molecular weight excluding hydrogens is 424 g/mol. The predicted molar refractivity (Wildman–Crippen MR) is 135 cm³/mol. The number of carbonyl (C=O) groups excluding carboxylic acids is 1. The number of piperazine rings is 1. The minimum atomic E-state index is -0.381. The third-order valence-electron chi connectivity index (χ3n) is 6.26. The van der Waals surface area contributed by atoms with Crippen LogP contribution in [0.25, 0.3) is 22.4 Å². The van der Waals surface area contributed by atoms with Gasteiger partial charge < -0.3 is 9.80 Å². The second kappa shape index (κ2) is 9.35. The molecule has 1 amide bonds. The molecule has 170 valence electrons. The topological polar surface area (TPSA) is 58.4 Å². The summed E-state index contributed by atoms with van der Waals surface area (Å²) >= 11 is 0. The smallest absolute Gasteiger partial charge is 0.280 e. The van der Waals surface area contributed by atoms with Gasteiger partial charge >= 0.3 is 0 Å². The highest BCUT2D eigenvalue weighted by atomic mass is 16.2. The maximum Gasteiger partial charge on any atom is 0.280 e. The van der Waals surface area contributed by atoms with Crippen LogP contribution >= 0.6 is 0 Å². The molecular formula is C28H26N4O2. The van der Waals surface area contributed by atoms with E-state index in [-0.39, 0.29) is 17.0 Å². The van der Waals surface area contributed by atoms with Gasteiger partial charge in [-0.15, -0.1) is 0 Å². The Balaban J connectivity index is 1.57. The zero-order valence-corrected chi connectivity index (χ0v) is 19.1. The Morgan fingerprint density at radius 3 is 1.85 bits per heavy atom. The summed E-state index contributed by atoms with van der Waals surface area (Å²) in [5.74, 6) is -0.244. The van der Waals surface area contributed by atoms with Crippen molar-refractivity contribution in [3.63, 3.8) is 0 Å². The highest BCUT2D eigenvalue weighted by Gasteiger charge is 2.29.